The topological polar surface area (TPSA) is 59.4 Å². The number of benzene rings is 2. The van der Waals surface area contributed by atoms with Crippen molar-refractivity contribution in [3.8, 4) is 6.07 Å². The first-order chi connectivity index (χ1) is 12.6. The van der Waals surface area contributed by atoms with Gasteiger partial charge in [0.1, 0.15) is 0 Å². The molecule has 1 heterocycles. The third kappa shape index (κ3) is 4.34. The van der Waals surface area contributed by atoms with E-state index >= 15 is 0 Å². The Bertz CT molecular complexity index is 807. The van der Waals surface area contributed by atoms with Gasteiger partial charge in [-0.25, -0.2) is 0 Å². The molecule has 1 N–H and O–H groups in total. The molecule has 2 aromatic rings. The molecule has 0 aliphatic carbocycles. The molecule has 26 heavy (non-hydrogen) atoms. The molecule has 6 heteroatoms. The molecule has 3 rings (SSSR count). The number of halogens is 1. The van der Waals surface area contributed by atoms with Crippen molar-refractivity contribution in [2.45, 2.75) is 13.0 Å². The lowest BCUT2D eigenvalue weighted by Gasteiger charge is -2.38. The third-order valence-corrected chi connectivity index (χ3v) is 4.93. The second-order valence-electron chi connectivity index (χ2n) is 6.36. The number of anilines is 2. The van der Waals surface area contributed by atoms with Crippen LogP contribution < -0.4 is 10.2 Å². The molecule has 1 aliphatic rings. The Morgan fingerprint density at radius 3 is 2.46 bits per heavy atom. The molecule has 1 fully saturated rings. The van der Waals surface area contributed by atoms with E-state index in [1.165, 1.54) is 0 Å². The Morgan fingerprint density at radius 1 is 1.15 bits per heavy atom. The maximum absolute atomic E-state index is 12.5. The first-order valence-corrected chi connectivity index (χ1v) is 9.00. The Hall–Kier alpha value is -2.55. The molecule has 0 bridgehead atoms. The fraction of sp³-hybridized carbons (Fsp3) is 0.300. The van der Waals surface area contributed by atoms with Crippen molar-refractivity contribution in [1.82, 2.24) is 4.90 Å². The number of carbonyl (C=O) groups is 1. The van der Waals surface area contributed by atoms with Gasteiger partial charge >= 0.3 is 0 Å². The summed E-state index contributed by atoms with van der Waals surface area (Å²) in [6.07, 6.45) is 0. The number of nitriles is 1. The molecule has 0 unspecified atom stereocenters. The van der Waals surface area contributed by atoms with Crippen LogP contribution in [0.25, 0.3) is 0 Å². The van der Waals surface area contributed by atoms with Crippen LogP contribution in [-0.2, 0) is 4.79 Å². The van der Waals surface area contributed by atoms with Gasteiger partial charge in [0.25, 0.3) is 0 Å². The monoisotopic (exact) mass is 368 g/mol. The quantitative estimate of drug-likeness (QED) is 0.898. The smallest absolute Gasteiger partial charge is 0.241 e. The predicted molar refractivity (Wildman–Crippen MR) is 104 cm³/mol. The van der Waals surface area contributed by atoms with Crippen LogP contribution in [0.3, 0.4) is 0 Å². The van der Waals surface area contributed by atoms with E-state index in [9.17, 15) is 4.79 Å². The fourth-order valence-electron chi connectivity index (χ4n) is 3.08. The van der Waals surface area contributed by atoms with Gasteiger partial charge in [-0.15, -0.1) is 0 Å². The minimum atomic E-state index is -0.216. The van der Waals surface area contributed by atoms with Gasteiger partial charge < -0.3 is 10.2 Å². The van der Waals surface area contributed by atoms with E-state index in [-0.39, 0.29) is 11.9 Å². The highest BCUT2D eigenvalue weighted by molar-refractivity contribution is 6.30. The largest absolute Gasteiger partial charge is 0.369 e. The van der Waals surface area contributed by atoms with Gasteiger partial charge in [0.2, 0.25) is 5.91 Å². The number of rotatable bonds is 4. The Balaban J connectivity index is 1.54. The Labute approximate surface area is 158 Å². The lowest BCUT2D eigenvalue weighted by molar-refractivity contribution is -0.120. The van der Waals surface area contributed by atoms with Crippen molar-refractivity contribution < 1.29 is 4.79 Å². The van der Waals surface area contributed by atoms with Crippen molar-refractivity contribution in [1.29, 1.82) is 5.26 Å². The van der Waals surface area contributed by atoms with Gasteiger partial charge in [-0.3, -0.25) is 9.69 Å². The highest BCUT2D eigenvalue weighted by Gasteiger charge is 2.25. The van der Waals surface area contributed by atoms with E-state index in [0.717, 1.165) is 36.9 Å². The minimum absolute atomic E-state index is 0.0362. The van der Waals surface area contributed by atoms with Gasteiger partial charge in [-0.2, -0.15) is 5.26 Å². The van der Waals surface area contributed by atoms with Crippen LogP contribution in [0.5, 0.6) is 0 Å². The second kappa shape index (κ2) is 8.22. The Morgan fingerprint density at radius 2 is 1.85 bits per heavy atom. The molecule has 1 aliphatic heterocycles. The van der Waals surface area contributed by atoms with Crippen molar-refractivity contribution in [2.75, 3.05) is 36.4 Å². The van der Waals surface area contributed by atoms with Gasteiger partial charge in [0.15, 0.2) is 0 Å². The molecule has 0 saturated carbocycles. The van der Waals surface area contributed by atoms with E-state index < -0.39 is 0 Å². The number of hydrogen-bond acceptors (Lipinski definition) is 4. The van der Waals surface area contributed by atoms with Crippen LogP contribution in [-0.4, -0.2) is 43.0 Å². The van der Waals surface area contributed by atoms with Crippen LogP contribution in [0.15, 0.2) is 48.5 Å². The number of amides is 1. The molecule has 0 aromatic heterocycles. The number of nitrogens with zero attached hydrogens (tertiary/aromatic N) is 3. The fourth-order valence-corrected chi connectivity index (χ4v) is 3.27. The van der Waals surface area contributed by atoms with Gasteiger partial charge in [0.05, 0.1) is 17.7 Å². The van der Waals surface area contributed by atoms with Crippen molar-refractivity contribution in [3.05, 3.63) is 59.1 Å². The highest BCUT2D eigenvalue weighted by atomic mass is 35.5. The summed E-state index contributed by atoms with van der Waals surface area (Å²) in [6, 6.07) is 16.6. The number of piperazine rings is 1. The molecular weight excluding hydrogens is 348 g/mol. The van der Waals surface area contributed by atoms with E-state index in [4.69, 9.17) is 16.9 Å². The molecule has 1 amide bonds. The molecule has 2 aromatic carbocycles. The average Bonchev–Trinajstić information content (AvgIpc) is 2.68. The van der Waals surface area contributed by atoms with Gasteiger partial charge in [-0.05, 0) is 49.4 Å². The van der Waals surface area contributed by atoms with Gasteiger partial charge in [-0.1, -0.05) is 17.7 Å². The normalized spacial score (nSPS) is 16.0. The molecule has 5 nitrogen and oxygen atoms in total. The Kier molecular flexibility index (Phi) is 5.77. The first kappa shape index (κ1) is 18.2. The lowest BCUT2D eigenvalue weighted by atomic mass is 10.2. The summed E-state index contributed by atoms with van der Waals surface area (Å²) in [5, 5.41) is 12.5. The number of nitrogens with one attached hydrogen (secondary N) is 1. The molecular formula is C20H21ClN4O. The van der Waals surface area contributed by atoms with Crippen LogP contribution in [0.1, 0.15) is 12.5 Å². The maximum atomic E-state index is 12.5. The lowest BCUT2D eigenvalue weighted by Crippen LogP contribution is -2.52. The maximum Gasteiger partial charge on any atom is 0.241 e. The third-order valence-electron chi connectivity index (χ3n) is 4.70. The molecule has 0 spiro atoms. The van der Waals surface area contributed by atoms with Crippen molar-refractivity contribution >= 4 is 28.9 Å². The highest BCUT2D eigenvalue weighted by Crippen LogP contribution is 2.21. The zero-order chi connectivity index (χ0) is 18.5. The van der Waals surface area contributed by atoms with E-state index in [0.29, 0.717) is 11.3 Å². The first-order valence-electron chi connectivity index (χ1n) is 8.62. The molecule has 134 valence electrons. The van der Waals surface area contributed by atoms with Crippen LogP contribution in [0.2, 0.25) is 5.02 Å². The molecule has 1 saturated heterocycles. The summed E-state index contributed by atoms with van der Waals surface area (Å²) >= 11 is 6.07. The standard InChI is InChI=1S/C20H21ClN4O/c1-15(20(26)23-18-7-5-16(14-22)6-8-18)24-9-11-25(12-10-24)19-4-2-3-17(21)13-19/h2-8,13,15H,9-12H2,1H3,(H,23,26)/t15-/m0/s1. The number of carbonyl (C=O) groups excluding carboxylic acids is 1. The van der Waals surface area contributed by atoms with Gasteiger partial charge in [0, 0.05) is 42.6 Å². The zero-order valence-corrected chi connectivity index (χ0v) is 15.4. The summed E-state index contributed by atoms with van der Waals surface area (Å²) in [6.45, 7) is 5.26. The summed E-state index contributed by atoms with van der Waals surface area (Å²) in [5.74, 6) is -0.0362. The van der Waals surface area contributed by atoms with Crippen LogP contribution in [0.4, 0.5) is 11.4 Å². The van der Waals surface area contributed by atoms with E-state index in [1.54, 1.807) is 24.3 Å². The average molecular weight is 369 g/mol. The van der Waals surface area contributed by atoms with E-state index in [1.807, 2.05) is 25.1 Å². The molecule has 1 atom stereocenters. The minimum Gasteiger partial charge on any atom is -0.369 e. The van der Waals surface area contributed by atoms with Crippen LogP contribution in [0, 0.1) is 11.3 Å². The summed E-state index contributed by atoms with van der Waals surface area (Å²) < 4.78 is 0. The summed E-state index contributed by atoms with van der Waals surface area (Å²) in [7, 11) is 0. The SMILES string of the molecule is C[C@@H](C(=O)Nc1ccc(C#N)cc1)N1CCN(c2cccc(Cl)c2)CC1. The van der Waals surface area contributed by atoms with Crippen LogP contribution >= 0.6 is 11.6 Å². The van der Waals surface area contributed by atoms with Crippen molar-refractivity contribution in [2.24, 2.45) is 0 Å². The molecule has 0 radical (unpaired) electrons. The van der Waals surface area contributed by atoms with Crippen molar-refractivity contribution in [3.63, 3.8) is 0 Å². The second-order valence-corrected chi connectivity index (χ2v) is 6.79. The zero-order valence-electron chi connectivity index (χ0n) is 14.7. The summed E-state index contributed by atoms with van der Waals surface area (Å²) in [4.78, 5) is 17.0. The predicted octanol–water partition coefficient (Wildman–Crippen LogP) is 3.36. The summed E-state index contributed by atoms with van der Waals surface area (Å²) in [5.41, 5.74) is 2.40. The van der Waals surface area contributed by atoms with E-state index in [2.05, 4.69) is 27.3 Å². The number of hydrogen-bond donors (Lipinski definition) is 1.